The number of anilines is 1. The molecule has 0 unspecified atom stereocenters. The van der Waals surface area contributed by atoms with E-state index in [2.05, 4.69) is 10.3 Å². The number of nitrogens with zero attached hydrogens (tertiary/aromatic N) is 1. The van der Waals surface area contributed by atoms with E-state index >= 15 is 0 Å². The van der Waals surface area contributed by atoms with Crippen LogP contribution in [0.1, 0.15) is 22.8 Å². The number of hydrogen-bond acceptors (Lipinski definition) is 2. The zero-order valence-corrected chi connectivity index (χ0v) is 10.7. The fraction of sp³-hybridized carbons (Fsp3) is 0.143. The number of hydrogen-bond donors (Lipinski definition) is 1. The number of nitrogens with one attached hydrogen (secondary N) is 1. The summed E-state index contributed by atoms with van der Waals surface area (Å²) in [6, 6.07) is 10.9. The van der Waals surface area contributed by atoms with Gasteiger partial charge in [0.15, 0.2) is 0 Å². The van der Waals surface area contributed by atoms with Crippen molar-refractivity contribution in [2.45, 2.75) is 13.3 Å². The first-order chi connectivity index (χ1) is 8.70. The summed E-state index contributed by atoms with van der Waals surface area (Å²) >= 11 is 5.77. The Kier molecular flexibility index (Phi) is 3.95. The van der Waals surface area contributed by atoms with Crippen molar-refractivity contribution in [3.8, 4) is 0 Å². The van der Waals surface area contributed by atoms with Crippen LogP contribution >= 0.6 is 11.6 Å². The van der Waals surface area contributed by atoms with Gasteiger partial charge >= 0.3 is 0 Å². The Hall–Kier alpha value is -1.87. The second kappa shape index (κ2) is 5.65. The number of rotatable bonds is 3. The molecule has 0 atom stereocenters. The highest BCUT2D eigenvalue weighted by molar-refractivity contribution is 6.29. The topological polar surface area (TPSA) is 42.0 Å². The molecule has 2 aromatic rings. The summed E-state index contributed by atoms with van der Waals surface area (Å²) in [6.45, 7) is 2.02. The number of aromatic nitrogens is 1. The van der Waals surface area contributed by atoms with Gasteiger partial charge in [0.05, 0.1) is 0 Å². The Morgan fingerprint density at radius 1 is 1.33 bits per heavy atom. The first-order valence-corrected chi connectivity index (χ1v) is 6.09. The van der Waals surface area contributed by atoms with Crippen LogP contribution in [-0.2, 0) is 6.42 Å². The minimum atomic E-state index is -0.130. The smallest absolute Gasteiger partial charge is 0.255 e. The highest BCUT2D eigenvalue weighted by Gasteiger charge is 2.09. The van der Waals surface area contributed by atoms with Gasteiger partial charge in [0, 0.05) is 17.4 Å². The molecule has 0 saturated heterocycles. The SMILES string of the molecule is CCc1ccccc1C(=O)Nc1ccnc(Cl)c1. The summed E-state index contributed by atoms with van der Waals surface area (Å²) in [7, 11) is 0. The third kappa shape index (κ3) is 2.87. The van der Waals surface area contributed by atoms with Gasteiger partial charge in [-0.15, -0.1) is 0 Å². The molecule has 0 aliphatic rings. The van der Waals surface area contributed by atoms with Gasteiger partial charge < -0.3 is 5.32 Å². The lowest BCUT2D eigenvalue weighted by Crippen LogP contribution is -2.14. The van der Waals surface area contributed by atoms with Crippen LogP contribution < -0.4 is 5.32 Å². The molecule has 4 heteroatoms. The van der Waals surface area contributed by atoms with Crippen LogP contribution in [0.15, 0.2) is 42.6 Å². The molecule has 3 nitrogen and oxygen atoms in total. The Morgan fingerprint density at radius 3 is 2.83 bits per heavy atom. The molecule has 0 saturated carbocycles. The van der Waals surface area contributed by atoms with Crippen LogP contribution in [0.2, 0.25) is 5.15 Å². The van der Waals surface area contributed by atoms with E-state index in [0.717, 1.165) is 12.0 Å². The molecule has 18 heavy (non-hydrogen) atoms. The van der Waals surface area contributed by atoms with Crippen molar-refractivity contribution >= 4 is 23.2 Å². The van der Waals surface area contributed by atoms with E-state index in [4.69, 9.17) is 11.6 Å². The van der Waals surface area contributed by atoms with Crippen molar-refractivity contribution in [2.24, 2.45) is 0 Å². The molecule has 92 valence electrons. The average Bonchev–Trinajstić information content (AvgIpc) is 2.38. The lowest BCUT2D eigenvalue weighted by molar-refractivity contribution is 0.102. The Morgan fingerprint density at radius 2 is 2.11 bits per heavy atom. The maximum Gasteiger partial charge on any atom is 0.255 e. The summed E-state index contributed by atoms with van der Waals surface area (Å²) in [5.74, 6) is -0.130. The first kappa shape index (κ1) is 12.6. The van der Waals surface area contributed by atoms with Gasteiger partial charge in [0.25, 0.3) is 5.91 Å². The molecule has 1 heterocycles. The first-order valence-electron chi connectivity index (χ1n) is 5.71. The molecular formula is C14H13ClN2O. The van der Waals surface area contributed by atoms with Gasteiger partial charge in [-0.3, -0.25) is 4.79 Å². The van der Waals surface area contributed by atoms with E-state index in [0.29, 0.717) is 16.4 Å². The molecule has 0 radical (unpaired) electrons. The van der Waals surface area contributed by atoms with Gasteiger partial charge in [-0.05, 0) is 30.2 Å². The molecule has 0 fully saturated rings. The van der Waals surface area contributed by atoms with E-state index in [1.165, 1.54) is 0 Å². The van der Waals surface area contributed by atoms with Crippen molar-refractivity contribution in [3.05, 3.63) is 58.9 Å². The molecule has 1 aromatic carbocycles. The summed E-state index contributed by atoms with van der Waals surface area (Å²) in [5.41, 5.74) is 2.36. The van der Waals surface area contributed by atoms with Crippen LogP contribution in [0.5, 0.6) is 0 Å². The van der Waals surface area contributed by atoms with E-state index < -0.39 is 0 Å². The van der Waals surface area contributed by atoms with Crippen LogP contribution in [0.25, 0.3) is 0 Å². The maximum atomic E-state index is 12.1. The van der Waals surface area contributed by atoms with Crippen molar-refractivity contribution in [1.29, 1.82) is 0 Å². The standard InChI is InChI=1S/C14H13ClN2O/c1-2-10-5-3-4-6-12(10)14(18)17-11-7-8-16-13(15)9-11/h3-9H,2H2,1H3,(H,16,17,18). The minimum Gasteiger partial charge on any atom is -0.322 e. The highest BCUT2D eigenvalue weighted by Crippen LogP contribution is 2.15. The normalized spacial score (nSPS) is 10.1. The van der Waals surface area contributed by atoms with E-state index in [1.54, 1.807) is 18.3 Å². The van der Waals surface area contributed by atoms with Gasteiger partial charge in [-0.25, -0.2) is 4.98 Å². The lowest BCUT2D eigenvalue weighted by atomic mass is 10.0. The molecular weight excluding hydrogens is 248 g/mol. The molecule has 2 rings (SSSR count). The molecule has 1 N–H and O–H groups in total. The van der Waals surface area contributed by atoms with Gasteiger partial charge in [-0.1, -0.05) is 36.7 Å². The lowest BCUT2D eigenvalue weighted by Gasteiger charge is -2.08. The number of amides is 1. The van der Waals surface area contributed by atoms with Crippen LogP contribution in [0.3, 0.4) is 0 Å². The largest absolute Gasteiger partial charge is 0.322 e. The summed E-state index contributed by atoms with van der Waals surface area (Å²) in [5, 5.41) is 3.17. The van der Waals surface area contributed by atoms with Crippen molar-refractivity contribution in [3.63, 3.8) is 0 Å². The second-order valence-corrected chi connectivity index (χ2v) is 4.22. The molecule has 0 aliphatic carbocycles. The van der Waals surface area contributed by atoms with Gasteiger partial charge in [-0.2, -0.15) is 0 Å². The molecule has 1 aromatic heterocycles. The third-order valence-corrected chi connectivity index (χ3v) is 2.83. The van der Waals surface area contributed by atoms with E-state index in [1.807, 2.05) is 31.2 Å². The fourth-order valence-corrected chi connectivity index (χ4v) is 1.90. The molecule has 0 spiro atoms. The van der Waals surface area contributed by atoms with E-state index in [9.17, 15) is 4.79 Å². The summed E-state index contributed by atoms with van der Waals surface area (Å²) in [4.78, 5) is 16.0. The number of carbonyl (C=O) groups excluding carboxylic acids is 1. The molecule has 0 bridgehead atoms. The molecule has 1 amide bonds. The highest BCUT2D eigenvalue weighted by atomic mass is 35.5. The minimum absolute atomic E-state index is 0.130. The Balaban J connectivity index is 2.22. The maximum absolute atomic E-state index is 12.1. The number of halogens is 1. The van der Waals surface area contributed by atoms with Crippen LogP contribution in [0.4, 0.5) is 5.69 Å². The summed E-state index contributed by atoms with van der Waals surface area (Å²) < 4.78 is 0. The van der Waals surface area contributed by atoms with Crippen molar-refractivity contribution in [2.75, 3.05) is 5.32 Å². The zero-order chi connectivity index (χ0) is 13.0. The number of aryl methyl sites for hydroxylation is 1. The average molecular weight is 261 g/mol. The van der Waals surface area contributed by atoms with Gasteiger partial charge in [0.2, 0.25) is 0 Å². The number of carbonyl (C=O) groups is 1. The van der Waals surface area contributed by atoms with Crippen molar-refractivity contribution < 1.29 is 4.79 Å². The van der Waals surface area contributed by atoms with Gasteiger partial charge in [0.1, 0.15) is 5.15 Å². The Labute approximate surface area is 111 Å². The zero-order valence-electron chi connectivity index (χ0n) is 9.98. The van der Waals surface area contributed by atoms with Crippen LogP contribution in [-0.4, -0.2) is 10.9 Å². The number of pyridine rings is 1. The van der Waals surface area contributed by atoms with Crippen molar-refractivity contribution in [1.82, 2.24) is 4.98 Å². The number of benzene rings is 1. The second-order valence-electron chi connectivity index (χ2n) is 3.83. The fourth-order valence-electron chi connectivity index (χ4n) is 1.73. The molecule has 0 aliphatic heterocycles. The van der Waals surface area contributed by atoms with Crippen LogP contribution in [0, 0.1) is 0 Å². The predicted octanol–water partition coefficient (Wildman–Crippen LogP) is 3.55. The monoisotopic (exact) mass is 260 g/mol. The quantitative estimate of drug-likeness (QED) is 0.858. The predicted molar refractivity (Wildman–Crippen MR) is 73.0 cm³/mol. The Bertz CT molecular complexity index is 569. The summed E-state index contributed by atoms with van der Waals surface area (Å²) in [6.07, 6.45) is 2.38. The van der Waals surface area contributed by atoms with E-state index in [-0.39, 0.29) is 5.91 Å². The third-order valence-electron chi connectivity index (χ3n) is 2.63.